The van der Waals surface area contributed by atoms with Gasteiger partial charge in [-0.25, -0.2) is 0 Å². The molecule has 17 heavy (non-hydrogen) atoms. The van der Waals surface area contributed by atoms with Crippen LogP contribution < -0.4 is 11.1 Å². The van der Waals surface area contributed by atoms with Gasteiger partial charge >= 0.3 is 0 Å². The van der Waals surface area contributed by atoms with Crippen molar-refractivity contribution in [3.8, 4) is 0 Å². The second-order valence-corrected chi connectivity index (χ2v) is 5.14. The highest BCUT2D eigenvalue weighted by molar-refractivity contribution is 5.98. The van der Waals surface area contributed by atoms with Crippen LogP contribution in [0.15, 0.2) is 6.20 Å². The van der Waals surface area contributed by atoms with Crippen LogP contribution in [-0.4, -0.2) is 21.2 Å². The molecule has 0 atom stereocenters. The zero-order valence-corrected chi connectivity index (χ0v) is 10.5. The van der Waals surface area contributed by atoms with Gasteiger partial charge in [-0.15, -0.1) is 0 Å². The van der Waals surface area contributed by atoms with Crippen LogP contribution in [0.25, 0.3) is 0 Å². The van der Waals surface area contributed by atoms with E-state index >= 15 is 0 Å². The van der Waals surface area contributed by atoms with Crippen molar-refractivity contribution in [3.05, 3.63) is 11.8 Å². The molecule has 5 nitrogen and oxygen atoms in total. The van der Waals surface area contributed by atoms with E-state index in [0.717, 1.165) is 12.8 Å². The molecule has 1 saturated carbocycles. The molecule has 1 aliphatic rings. The molecule has 0 bridgehead atoms. The van der Waals surface area contributed by atoms with Crippen molar-refractivity contribution in [1.82, 2.24) is 15.1 Å². The van der Waals surface area contributed by atoms with Gasteiger partial charge in [0.2, 0.25) is 0 Å². The lowest BCUT2D eigenvalue weighted by Gasteiger charge is -2.34. The predicted molar refractivity (Wildman–Crippen MR) is 66.6 cm³/mol. The van der Waals surface area contributed by atoms with Crippen LogP contribution in [0.3, 0.4) is 0 Å². The van der Waals surface area contributed by atoms with E-state index in [9.17, 15) is 4.79 Å². The van der Waals surface area contributed by atoms with Crippen molar-refractivity contribution >= 4 is 11.7 Å². The number of aromatic nitrogens is 2. The van der Waals surface area contributed by atoms with Crippen molar-refractivity contribution < 1.29 is 4.79 Å². The third-order valence-electron chi connectivity index (χ3n) is 3.60. The zero-order chi connectivity index (χ0) is 12.5. The second kappa shape index (κ2) is 4.39. The van der Waals surface area contributed by atoms with E-state index in [2.05, 4.69) is 17.3 Å². The van der Waals surface area contributed by atoms with Crippen LogP contribution in [0, 0.1) is 0 Å². The van der Waals surface area contributed by atoms with Gasteiger partial charge < -0.3 is 11.1 Å². The average Bonchev–Trinajstić information content (AvgIpc) is 2.60. The predicted octanol–water partition coefficient (Wildman–Crippen LogP) is 1.45. The van der Waals surface area contributed by atoms with E-state index in [0.29, 0.717) is 11.4 Å². The highest BCUT2D eigenvalue weighted by Crippen LogP contribution is 2.28. The average molecular weight is 236 g/mol. The maximum atomic E-state index is 12.1. The number of nitrogens with zero attached hydrogens (tertiary/aromatic N) is 2. The van der Waals surface area contributed by atoms with E-state index < -0.39 is 0 Å². The lowest BCUT2D eigenvalue weighted by Crippen LogP contribution is -2.47. The topological polar surface area (TPSA) is 72.9 Å². The molecule has 2 rings (SSSR count). The largest absolute Gasteiger partial charge is 0.383 e. The molecule has 1 aromatic rings. The molecule has 0 radical (unpaired) electrons. The molecule has 94 valence electrons. The minimum absolute atomic E-state index is 0.0857. The summed E-state index contributed by atoms with van der Waals surface area (Å²) in [6.45, 7) is 2.11. The highest BCUT2D eigenvalue weighted by atomic mass is 16.1. The Morgan fingerprint density at radius 2 is 2.12 bits per heavy atom. The summed E-state index contributed by atoms with van der Waals surface area (Å²) >= 11 is 0. The lowest BCUT2D eigenvalue weighted by atomic mass is 9.83. The van der Waals surface area contributed by atoms with E-state index in [1.807, 2.05) is 0 Å². The lowest BCUT2D eigenvalue weighted by molar-refractivity contribution is 0.0883. The first-order valence-corrected chi connectivity index (χ1v) is 6.12. The fourth-order valence-corrected chi connectivity index (χ4v) is 2.42. The van der Waals surface area contributed by atoms with Gasteiger partial charge in [-0.05, 0) is 19.8 Å². The van der Waals surface area contributed by atoms with Gasteiger partial charge in [0.15, 0.2) is 0 Å². The van der Waals surface area contributed by atoms with Gasteiger partial charge in [-0.2, -0.15) is 5.10 Å². The van der Waals surface area contributed by atoms with Crippen LogP contribution in [-0.2, 0) is 7.05 Å². The molecule has 0 aromatic carbocycles. The SMILES string of the molecule is Cn1ncc(C(=O)NC2(C)CCCCC2)c1N. The fraction of sp³-hybridized carbons (Fsp3) is 0.667. The normalized spacial score (nSPS) is 18.9. The Hall–Kier alpha value is -1.52. The summed E-state index contributed by atoms with van der Waals surface area (Å²) in [6.07, 6.45) is 7.23. The van der Waals surface area contributed by atoms with Crippen molar-refractivity contribution in [2.75, 3.05) is 5.73 Å². The number of aryl methyl sites for hydroxylation is 1. The molecule has 1 amide bonds. The number of nitrogens with one attached hydrogen (secondary N) is 1. The Balaban J connectivity index is 2.08. The molecule has 5 heteroatoms. The standard InChI is InChI=1S/C12H20N4O/c1-12(6-4-3-5-7-12)15-11(17)9-8-14-16(2)10(9)13/h8H,3-7,13H2,1-2H3,(H,15,17). The van der Waals surface area contributed by atoms with E-state index in [1.165, 1.54) is 30.1 Å². The molecule has 1 aliphatic carbocycles. The molecule has 0 aliphatic heterocycles. The number of amides is 1. The van der Waals surface area contributed by atoms with Crippen LogP contribution in [0.1, 0.15) is 49.4 Å². The second-order valence-electron chi connectivity index (χ2n) is 5.14. The molecule has 1 aromatic heterocycles. The number of rotatable bonds is 2. The van der Waals surface area contributed by atoms with Crippen molar-refractivity contribution in [3.63, 3.8) is 0 Å². The zero-order valence-electron chi connectivity index (χ0n) is 10.5. The number of nitrogen functional groups attached to an aromatic ring is 1. The molecule has 1 heterocycles. The summed E-state index contributed by atoms with van der Waals surface area (Å²) in [7, 11) is 1.73. The van der Waals surface area contributed by atoms with E-state index in [4.69, 9.17) is 5.73 Å². The summed E-state index contributed by atoms with van der Waals surface area (Å²) in [5.41, 5.74) is 6.18. The quantitative estimate of drug-likeness (QED) is 0.816. The number of anilines is 1. The van der Waals surface area contributed by atoms with E-state index in [1.54, 1.807) is 7.05 Å². The third kappa shape index (κ3) is 2.43. The number of hydrogen-bond acceptors (Lipinski definition) is 3. The van der Waals surface area contributed by atoms with Crippen molar-refractivity contribution in [2.24, 2.45) is 7.05 Å². The van der Waals surface area contributed by atoms with Crippen LogP contribution >= 0.6 is 0 Å². The first-order valence-electron chi connectivity index (χ1n) is 6.12. The van der Waals surface area contributed by atoms with Gasteiger partial charge in [0.25, 0.3) is 5.91 Å². The molecule has 0 spiro atoms. The van der Waals surface area contributed by atoms with Crippen LogP contribution in [0.5, 0.6) is 0 Å². The molecule has 1 fully saturated rings. The third-order valence-corrected chi connectivity index (χ3v) is 3.60. The van der Waals surface area contributed by atoms with Crippen molar-refractivity contribution in [1.29, 1.82) is 0 Å². The number of hydrogen-bond donors (Lipinski definition) is 2. The Morgan fingerprint density at radius 1 is 1.47 bits per heavy atom. The first kappa shape index (κ1) is 12.0. The highest BCUT2D eigenvalue weighted by Gasteiger charge is 2.29. The maximum Gasteiger partial charge on any atom is 0.257 e. The Kier molecular flexibility index (Phi) is 3.09. The van der Waals surface area contributed by atoms with Gasteiger partial charge in [-0.1, -0.05) is 19.3 Å². The summed E-state index contributed by atoms with van der Waals surface area (Å²) in [4.78, 5) is 12.1. The Bertz CT molecular complexity index is 418. The van der Waals surface area contributed by atoms with Gasteiger partial charge in [0.05, 0.1) is 6.20 Å². The maximum absolute atomic E-state index is 12.1. The van der Waals surface area contributed by atoms with Gasteiger partial charge in [-0.3, -0.25) is 9.48 Å². The first-order chi connectivity index (χ1) is 8.02. The summed E-state index contributed by atoms with van der Waals surface area (Å²) in [5.74, 6) is 0.307. The minimum atomic E-state index is -0.111. The monoisotopic (exact) mass is 236 g/mol. The fourth-order valence-electron chi connectivity index (χ4n) is 2.42. The summed E-state index contributed by atoms with van der Waals surface area (Å²) < 4.78 is 1.51. The molecule has 0 unspecified atom stereocenters. The molecule has 3 N–H and O–H groups in total. The van der Waals surface area contributed by atoms with Gasteiger partial charge in [0, 0.05) is 12.6 Å². The smallest absolute Gasteiger partial charge is 0.257 e. The number of carbonyl (C=O) groups is 1. The molecular weight excluding hydrogens is 216 g/mol. The van der Waals surface area contributed by atoms with Gasteiger partial charge in [0.1, 0.15) is 11.4 Å². The summed E-state index contributed by atoms with van der Waals surface area (Å²) in [6, 6.07) is 0. The van der Waals surface area contributed by atoms with E-state index in [-0.39, 0.29) is 11.4 Å². The summed E-state index contributed by atoms with van der Waals surface area (Å²) in [5, 5.41) is 7.08. The van der Waals surface area contributed by atoms with Crippen molar-refractivity contribution in [2.45, 2.75) is 44.6 Å². The van der Waals surface area contributed by atoms with Crippen LogP contribution in [0.4, 0.5) is 5.82 Å². The number of carbonyl (C=O) groups excluding carboxylic acids is 1. The molecule has 0 saturated heterocycles. The van der Waals surface area contributed by atoms with Crippen LogP contribution in [0.2, 0.25) is 0 Å². The minimum Gasteiger partial charge on any atom is -0.383 e. The number of nitrogens with two attached hydrogens (primary N) is 1. The molecular formula is C12H20N4O. The Labute approximate surface area is 101 Å². The Morgan fingerprint density at radius 3 is 2.65 bits per heavy atom.